The van der Waals surface area contributed by atoms with Gasteiger partial charge in [-0.05, 0) is 63.0 Å². The molecule has 1 saturated heterocycles. The third-order valence-electron chi connectivity index (χ3n) is 7.15. The SMILES string of the molecule is C=CCN1C(=O)C(C)(C)c2cc(NC3C[C@@H]4CN(CCC(C)(C)C)C[C@@H]4C3)nnc21. The van der Waals surface area contributed by atoms with E-state index in [4.69, 9.17) is 0 Å². The summed E-state index contributed by atoms with van der Waals surface area (Å²) in [5, 5.41) is 12.5. The van der Waals surface area contributed by atoms with Gasteiger partial charge in [-0.3, -0.25) is 9.69 Å². The number of nitrogens with one attached hydrogen (secondary N) is 1. The van der Waals surface area contributed by atoms with Crippen molar-refractivity contribution in [2.24, 2.45) is 17.3 Å². The summed E-state index contributed by atoms with van der Waals surface area (Å²) in [6.45, 7) is 18.8. The first-order valence-electron chi connectivity index (χ1n) is 11.4. The molecule has 164 valence electrons. The fraction of sp³-hybridized carbons (Fsp3) is 0.708. The molecule has 3 atom stereocenters. The number of carbonyl (C=O) groups excluding carboxylic acids is 1. The summed E-state index contributed by atoms with van der Waals surface area (Å²) in [5.41, 5.74) is 0.785. The highest BCUT2D eigenvalue weighted by Crippen LogP contribution is 2.42. The molecule has 6 heteroatoms. The number of hydrogen-bond donors (Lipinski definition) is 1. The maximum Gasteiger partial charge on any atom is 0.238 e. The van der Waals surface area contributed by atoms with Gasteiger partial charge in [0.2, 0.25) is 5.91 Å². The molecule has 3 aliphatic rings. The van der Waals surface area contributed by atoms with Crippen LogP contribution in [-0.2, 0) is 10.2 Å². The minimum Gasteiger partial charge on any atom is -0.366 e. The zero-order chi connectivity index (χ0) is 21.7. The lowest BCUT2D eigenvalue weighted by Crippen LogP contribution is -2.36. The average Bonchev–Trinajstić information content (AvgIpc) is 3.26. The van der Waals surface area contributed by atoms with E-state index in [9.17, 15) is 4.79 Å². The number of amides is 1. The maximum atomic E-state index is 12.8. The average molecular weight is 412 g/mol. The van der Waals surface area contributed by atoms with Crippen LogP contribution in [0, 0.1) is 17.3 Å². The smallest absolute Gasteiger partial charge is 0.238 e. The summed E-state index contributed by atoms with van der Waals surface area (Å²) in [7, 11) is 0. The fourth-order valence-corrected chi connectivity index (χ4v) is 5.36. The molecule has 1 unspecified atom stereocenters. The van der Waals surface area contributed by atoms with Gasteiger partial charge in [0.1, 0.15) is 5.82 Å². The van der Waals surface area contributed by atoms with E-state index in [1.165, 1.54) is 38.9 Å². The van der Waals surface area contributed by atoms with Crippen molar-refractivity contribution in [2.45, 2.75) is 65.3 Å². The Hall–Kier alpha value is -1.95. The fourth-order valence-electron chi connectivity index (χ4n) is 5.36. The van der Waals surface area contributed by atoms with Crippen molar-refractivity contribution in [1.82, 2.24) is 15.1 Å². The Kier molecular flexibility index (Phi) is 5.41. The molecule has 2 fully saturated rings. The van der Waals surface area contributed by atoms with Gasteiger partial charge in [0.25, 0.3) is 0 Å². The van der Waals surface area contributed by atoms with Gasteiger partial charge in [-0.25, -0.2) is 0 Å². The van der Waals surface area contributed by atoms with Gasteiger partial charge in [0.05, 0.1) is 5.41 Å². The number of fused-ring (bicyclic) bond motifs is 2. The van der Waals surface area contributed by atoms with E-state index >= 15 is 0 Å². The molecular weight excluding hydrogens is 374 g/mol. The molecule has 1 N–H and O–H groups in total. The van der Waals surface area contributed by atoms with E-state index in [0.29, 0.717) is 23.8 Å². The lowest BCUT2D eigenvalue weighted by Gasteiger charge is -2.24. The third-order valence-corrected chi connectivity index (χ3v) is 7.15. The molecule has 1 aromatic heterocycles. The number of likely N-dealkylation sites (tertiary alicyclic amines) is 1. The van der Waals surface area contributed by atoms with Crippen LogP contribution >= 0.6 is 0 Å². The van der Waals surface area contributed by atoms with Crippen LogP contribution in [0.2, 0.25) is 0 Å². The van der Waals surface area contributed by atoms with Crippen LogP contribution < -0.4 is 10.2 Å². The maximum absolute atomic E-state index is 12.8. The minimum atomic E-state index is -0.579. The second-order valence-electron chi connectivity index (χ2n) is 11.2. The summed E-state index contributed by atoms with van der Waals surface area (Å²) in [6, 6.07) is 2.48. The molecule has 1 saturated carbocycles. The summed E-state index contributed by atoms with van der Waals surface area (Å²) in [4.78, 5) is 17.1. The van der Waals surface area contributed by atoms with E-state index in [0.717, 1.165) is 23.2 Å². The van der Waals surface area contributed by atoms with Gasteiger partial charge in [0, 0.05) is 31.2 Å². The van der Waals surface area contributed by atoms with Crippen LogP contribution in [0.25, 0.3) is 0 Å². The first-order valence-corrected chi connectivity index (χ1v) is 11.4. The second kappa shape index (κ2) is 7.63. The second-order valence-corrected chi connectivity index (χ2v) is 11.2. The van der Waals surface area contributed by atoms with Crippen molar-refractivity contribution in [3.63, 3.8) is 0 Å². The van der Waals surface area contributed by atoms with E-state index in [1.807, 2.05) is 19.9 Å². The number of nitrogens with zero attached hydrogens (tertiary/aromatic N) is 4. The van der Waals surface area contributed by atoms with Crippen molar-refractivity contribution < 1.29 is 4.79 Å². The molecule has 3 heterocycles. The highest BCUT2D eigenvalue weighted by Gasteiger charge is 2.45. The minimum absolute atomic E-state index is 0.0644. The topological polar surface area (TPSA) is 61.4 Å². The van der Waals surface area contributed by atoms with Gasteiger partial charge in [-0.2, -0.15) is 0 Å². The first kappa shape index (κ1) is 21.3. The molecular formula is C24H37N5O. The van der Waals surface area contributed by atoms with Crippen LogP contribution in [0.3, 0.4) is 0 Å². The van der Waals surface area contributed by atoms with E-state index < -0.39 is 5.41 Å². The molecule has 0 aromatic carbocycles. The Bertz CT molecular complexity index is 813. The van der Waals surface area contributed by atoms with Crippen molar-refractivity contribution in [3.8, 4) is 0 Å². The number of rotatable bonds is 6. The Morgan fingerprint density at radius 3 is 2.50 bits per heavy atom. The van der Waals surface area contributed by atoms with E-state index in [-0.39, 0.29) is 5.91 Å². The molecule has 1 amide bonds. The Balaban J connectivity index is 1.38. The highest BCUT2D eigenvalue weighted by molar-refractivity contribution is 6.06. The van der Waals surface area contributed by atoms with Gasteiger partial charge in [-0.15, -0.1) is 16.8 Å². The summed E-state index contributed by atoms with van der Waals surface area (Å²) in [6.07, 6.45) is 5.38. The van der Waals surface area contributed by atoms with Crippen LogP contribution in [-0.4, -0.2) is 53.2 Å². The quantitative estimate of drug-likeness (QED) is 0.721. The van der Waals surface area contributed by atoms with Crippen molar-refractivity contribution in [3.05, 3.63) is 24.3 Å². The molecule has 4 rings (SSSR count). The van der Waals surface area contributed by atoms with E-state index in [2.05, 4.69) is 47.8 Å². The van der Waals surface area contributed by atoms with Gasteiger partial charge in [0.15, 0.2) is 5.82 Å². The van der Waals surface area contributed by atoms with Crippen molar-refractivity contribution in [1.29, 1.82) is 0 Å². The van der Waals surface area contributed by atoms with Crippen LogP contribution in [0.5, 0.6) is 0 Å². The zero-order valence-corrected chi connectivity index (χ0v) is 19.2. The lowest BCUT2D eigenvalue weighted by atomic mass is 9.87. The molecule has 0 bridgehead atoms. The normalized spacial score (nSPS) is 28.0. The Morgan fingerprint density at radius 1 is 1.23 bits per heavy atom. The van der Waals surface area contributed by atoms with Gasteiger partial charge in [-0.1, -0.05) is 26.8 Å². The monoisotopic (exact) mass is 411 g/mol. The molecule has 2 aliphatic heterocycles. The van der Waals surface area contributed by atoms with Crippen molar-refractivity contribution in [2.75, 3.05) is 36.4 Å². The van der Waals surface area contributed by atoms with Crippen molar-refractivity contribution >= 4 is 17.5 Å². The standard InChI is InChI=1S/C24H37N5O/c1-7-9-29-21-19(24(5,6)22(29)30)13-20(26-27-21)25-18-11-16-14-28(15-17(16)12-18)10-8-23(2,3)4/h7,13,16-18H,1,8-12,14-15H2,2-6H3,(H,25,26)/t16-,17+,18?. The zero-order valence-electron chi connectivity index (χ0n) is 19.2. The largest absolute Gasteiger partial charge is 0.366 e. The third kappa shape index (κ3) is 3.98. The van der Waals surface area contributed by atoms with E-state index in [1.54, 1.807) is 11.0 Å². The Labute approximate surface area is 181 Å². The van der Waals surface area contributed by atoms with Crippen LogP contribution in [0.4, 0.5) is 11.6 Å². The Morgan fingerprint density at radius 2 is 1.90 bits per heavy atom. The molecule has 1 aliphatic carbocycles. The van der Waals surface area contributed by atoms with Gasteiger partial charge >= 0.3 is 0 Å². The molecule has 0 spiro atoms. The molecule has 1 aromatic rings. The lowest BCUT2D eigenvalue weighted by molar-refractivity contribution is -0.122. The summed E-state index contributed by atoms with van der Waals surface area (Å²) in [5.74, 6) is 3.10. The molecule has 0 radical (unpaired) electrons. The predicted octanol–water partition coefficient (Wildman–Crippen LogP) is 3.85. The number of anilines is 2. The van der Waals surface area contributed by atoms with Crippen LogP contribution in [0.1, 0.15) is 59.4 Å². The number of hydrogen-bond acceptors (Lipinski definition) is 5. The number of carbonyl (C=O) groups is 1. The molecule has 30 heavy (non-hydrogen) atoms. The van der Waals surface area contributed by atoms with Gasteiger partial charge < -0.3 is 10.2 Å². The predicted molar refractivity (Wildman–Crippen MR) is 122 cm³/mol. The highest BCUT2D eigenvalue weighted by atomic mass is 16.2. The summed E-state index contributed by atoms with van der Waals surface area (Å²) < 4.78 is 0. The van der Waals surface area contributed by atoms with Crippen LogP contribution in [0.15, 0.2) is 18.7 Å². The molecule has 6 nitrogen and oxygen atoms in total. The first-order chi connectivity index (χ1) is 14.1. The summed E-state index contributed by atoms with van der Waals surface area (Å²) >= 11 is 0. The number of aromatic nitrogens is 2.